The maximum absolute atomic E-state index is 13.4. The molecule has 16 heteroatoms. The largest absolute Gasteiger partial charge is 0.470 e. The molecule has 3 aromatic heterocycles. The van der Waals surface area contributed by atoms with Crippen molar-refractivity contribution in [3.8, 4) is 28.9 Å². The van der Waals surface area contributed by atoms with Gasteiger partial charge in [-0.25, -0.2) is 32.7 Å². The van der Waals surface area contributed by atoms with Gasteiger partial charge in [0.15, 0.2) is 28.1 Å². The minimum absolute atomic E-state index is 0.0476. The molecule has 0 bridgehead atoms. The van der Waals surface area contributed by atoms with E-state index in [4.69, 9.17) is 0 Å². The maximum Gasteiger partial charge on any atom is 0.425 e. The quantitative estimate of drug-likeness (QED) is 0.423. The van der Waals surface area contributed by atoms with Crippen LogP contribution < -0.4 is 4.74 Å². The number of nitrogens with zero attached hydrogens (tertiary/aromatic N) is 6. The van der Waals surface area contributed by atoms with Crippen molar-refractivity contribution in [3.63, 3.8) is 0 Å². The van der Waals surface area contributed by atoms with Crippen LogP contribution in [0.3, 0.4) is 0 Å². The number of aromatic nitrogens is 6. The van der Waals surface area contributed by atoms with Crippen LogP contribution in [0.4, 0.5) is 26.3 Å². The van der Waals surface area contributed by atoms with Gasteiger partial charge in [0, 0.05) is 18.5 Å². The summed E-state index contributed by atoms with van der Waals surface area (Å²) >= 11 is 0. The summed E-state index contributed by atoms with van der Waals surface area (Å²) < 4.78 is 106. The molecule has 0 aliphatic rings. The summed E-state index contributed by atoms with van der Waals surface area (Å²) in [6.07, 6.45) is -6.38. The van der Waals surface area contributed by atoms with Crippen molar-refractivity contribution in [3.05, 3.63) is 36.8 Å². The monoisotopic (exact) mass is 508 g/mol. The number of halogens is 6. The summed E-state index contributed by atoms with van der Waals surface area (Å²) in [7, 11) is -3.85. The molecule has 0 amide bonds. The Morgan fingerprint density at radius 3 is 2.24 bits per heavy atom. The van der Waals surface area contributed by atoms with Crippen LogP contribution in [0, 0.1) is 0 Å². The van der Waals surface area contributed by atoms with Crippen LogP contribution in [0.15, 0.2) is 41.7 Å². The first-order valence-electron chi connectivity index (χ1n) is 9.28. The third kappa shape index (κ3) is 5.55. The molecular weight excluding hydrogens is 494 g/mol. The van der Waals surface area contributed by atoms with Gasteiger partial charge in [-0.15, -0.1) is 10.2 Å². The topological polar surface area (TPSA) is 121 Å². The van der Waals surface area contributed by atoms with Gasteiger partial charge in [-0.3, -0.25) is 0 Å². The van der Waals surface area contributed by atoms with Crippen molar-refractivity contribution in [1.82, 2.24) is 30.1 Å². The van der Waals surface area contributed by atoms with E-state index in [1.165, 1.54) is 25.4 Å². The Bertz CT molecular complexity index is 1240. The van der Waals surface area contributed by atoms with Crippen LogP contribution in [0.1, 0.15) is 6.92 Å². The molecular formula is C18H14F6N6O3S. The maximum atomic E-state index is 13.4. The van der Waals surface area contributed by atoms with Crippen molar-refractivity contribution in [2.75, 3.05) is 12.4 Å². The predicted octanol–water partition coefficient (Wildman–Crippen LogP) is 3.10. The second-order valence-corrected chi connectivity index (χ2v) is 8.84. The Kier molecular flexibility index (Phi) is 6.99. The fraction of sp³-hybridized carbons (Fsp3) is 0.333. The second kappa shape index (κ2) is 9.44. The SMILES string of the molecule is CCS(=O)(=O)c1cnc(-c2ncccn2)nc1-c1ccc(OCC(F)(F)C(F)C(F)(F)F)nn1. The lowest BCUT2D eigenvalue weighted by Crippen LogP contribution is -2.45. The van der Waals surface area contributed by atoms with Gasteiger partial charge in [0.1, 0.15) is 16.3 Å². The van der Waals surface area contributed by atoms with E-state index < -0.39 is 40.6 Å². The number of alkyl halides is 6. The van der Waals surface area contributed by atoms with Crippen LogP contribution in [0.2, 0.25) is 0 Å². The number of rotatable bonds is 8. The summed E-state index contributed by atoms with van der Waals surface area (Å²) in [5, 5.41) is 7.09. The highest BCUT2D eigenvalue weighted by Gasteiger charge is 2.57. The van der Waals surface area contributed by atoms with Crippen LogP contribution in [-0.2, 0) is 9.84 Å². The smallest absolute Gasteiger partial charge is 0.425 e. The van der Waals surface area contributed by atoms with Crippen LogP contribution in [0.5, 0.6) is 5.88 Å². The van der Waals surface area contributed by atoms with Gasteiger partial charge in [-0.1, -0.05) is 6.92 Å². The molecule has 0 aliphatic heterocycles. The van der Waals surface area contributed by atoms with E-state index in [9.17, 15) is 34.8 Å². The molecule has 0 fully saturated rings. The molecule has 0 aliphatic carbocycles. The number of sulfone groups is 1. The molecule has 0 spiro atoms. The van der Waals surface area contributed by atoms with Gasteiger partial charge in [-0.05, 0) is 12.1 Å². The average Bonchev–Trinajstić information content (AvgIpc) is 2.82. The third-order valence-electron chi connectivity index (χ3n) is 4.19. The molecule has 3 aromatic rings. The predicted molar refractivity (Wildman–Crippen MR) is 103 cm³/mol. The van der Waals surface area contributed by atoms with Crippen molar-refractivity contribution < 1.29 is 39.5 Å². The van der Waals surface area contributed by atoms with E-state index in [-0.39, 0.29) is 33.7 Å². The highest BCUT2D eigenvalue weighted by Crippen LogP contribution is 2.35. The number of hydrogen-bond donors (Lipinski definition) is 0. The van der Waals surface area contributed by atoms with Gasteiger partial charge in [0.05, 0.1) is 11.9 Å². The zero-order chi connectivity index (χ0) is 25.1. The van der Waals surface area contributed by atoms with Crippen LogP contribution in [-0.4, -0.2) is 69.2 Å². The standard InChI is InChI=1S/C18H14F6N6O3S/c1-2-34(31,32)11-8-27-15(14-25-6-3-7-26-14)28-13(11)10-4-5-12(30-29-10)33-9-17(20,21)16(19)18(22,23)24/h3-8,16H,2,9H2,1H3. The molecule has 0 N–H and O–H groups in total. The first kappa shape index (κ1) is 25.2. The van der Waals surface area contributed by atoms with Gasteiger partial charge in [0.2, 0.25) is 5.88 Å². The van der Waals surface area contributed by atoms with E-state index in [1.54, 1.807) is 0 Å². The molecule has 9 nitrogen and oxygen atoms in total. The molecule has 0 aromatic carbocycles. The van der Waals surface area contributed by atoms with E-state index >= 15 is 0 Å². The van der Waals surface area contributed by atoms with Gasteiger partial charge in [-0.2, -0.15) is 22.0 Å². The van der Waals surface area contributed by atoms with Crippen molar-refractivity contribution in [2.24, 2.45) is 0 Å². The molecule has 0 saturated carbocycles. The molecule has 182 valence electrons. The average molecular weight is 508 g/mol. The lowest BCUT2D eigenvalue weighted by Gasteiger charge is -2.22. The second-order valence-electron chi connectivity index (χ2n) is 6.59. The minimum atomic E-state index is -5.78. The lowest BCUT2D eigenvalue weighted by atomic mass is 10.2. The lowest BCUT2D eigenvalue weighted by molar-refractivity contribution is -0.250. The van der Waals surface area contributed by atoms with Gasteiger partial charge >= 0.3 is 12.1 Å². The molecule has 3 rings (SSSR count). The zero-order valence-corrected chi connectivity index (χ0v) is 17.9. The Balaban J connectivity index is 1.92. The molecule has 0 saturated heterocycles. The highest BCUT2D eigenvalue weighted by molar-refractivity contribution is 7.91. The number of hydrogen-bond acceptors (Lipinski definition) is 9. The Hall–Kier alpha value is -3.43. The van der Waals surface area contributed by atoms with Crippen molar-refractivity contribution >= 4 is 9.84 Å². The van der Waals surface area contributed by atoms with Crippen molar-refractivity contribution in [2.45, 2.75) is 30.1 Å². The molecule has 1 unspecified atom stereocenters. The first-order valence-corrected chi connectivity index (χ1v) is 10.9. The Morgan fingerprint density at radius 1 is 1.00 bits per heavy atom. The van der Waals surface area contributed by atoms with E-state index in [1.807, 2.05) is 0 Å². The summed E-state index contributed by atoms with van der Waals surface area (Å²) in [4.78, 5) is 15.7. The molecule has 34 heavy (non-hydrogen) atoms. The Labute approximate surface area is 188 Å². The van der Waals surface area contributed by atoms with E-state index in [0.29, 0.717) is 0 Å². The minimum Gasteiger partial charge on any atom is -0.470 e. The molecule has 3 heterocycles. The normalized spacial score (nSPS) is 13.5. The number of ether oxygens (including phenoxy) is 1. The van der Waals surface area contributed by atoms with Crippen LogP contribution in [0.25, 0.3) is 23.0 Å². The summed E-state index contributed by atoms with van der Waals surface area (Å²) in [5.41, 5.74) is -0.353. The van der Waals surface area contributed by atoms with Crippen molar-refractivity contribution in [1.29, 1.82) is 0 Å². The van der Waals surface area contributed by atoms with E-state index in [0.717, 1.165) is 18.3 Å². The third-order valence-corrected chi connectivity index (χ3v) is 5.92. The first-order chi connectivity index (χ1) is 15.8. The summed E-state index contributed by atoms with van der Waals surface area (Å²) in [5.74, 6) is -5.81. The summed E-state index contributed by atoms with van der Waals surface area (Å²) in [6, 6.07) is 3.56. The highest BCUT2D eigenvalue weighted by atomic mass is 32.2. The summed E-state index contributed by atoms with van der Waals surface area (Å²) in [6.45, 7) is -0.574. The van der Waals surface area contributed by atoms with Gasteiger partial charge < -0.3 is 4.74 Å². The van der Waals surface area contributed by atoms with E-state index in [2.05, 4.69) is 34.9 Å². The molecule has 1 atom stereocenters. The van der Waals surface area contributed by atoms with Crippen LogP contribution >= 0.6 is 0 Å². The Morgan fingerprint density at radius 2 is 1.68 bits per heavy atom. The zero-order valence-electron chi connectivity index (χ0n) is 17.0. The van der Waals surface area contributed by atoms with Gasteiger partial charge in [0.25, 0.3) is 6.17 Å². The molecule has 0 radical (unpaired) electrons. The fourth-order valence-corrected chi connectivity index (χ4v) is 3.43. The fourth-order valence-electron chi connectivity index (χ4n) is 2.47.